The molecule has 0 saturated carbocycles. The van der Waals surface area contributed by atoms with Gasteiger partial charge in [0.15, 0.2) is 0 Å². The first-order valence-corrected chi connectivity index (χ1v) is 13.0. The van der Waals surface area contributed by atoms with Crippen LogP contribution in [-0.2, 0) is 4.43 Å². The average Bonchev–Trinajstić information content (AvgIpc) is 2.73. The molecule has 0 radical (unpaired) electrons. The second kappa shape index (κ2) is 10.0. The van der Waals surface area contributed by atoms with Crippen LogP contribution in [0.4, 0.5) is 0 Å². The van der Waals surface area contributed by atoms with E-state index in [1.54, 1.807) is 0 Å². The highest BCUT2D eigenvalue weighted by Crippen LogP contribution is 2.38. The lowest BCUT2D eigenvalue weighted by Crippen LogP contribution is -2.69. The Morgan fingerprint density at radius 1 is 0.966 bits per heavy atom. The van der Waals surface area contributed by atoms with Gasteiger partial charge in [-0.2, -0.15) is 0 Å². The first kappa shape index (κ1) is 22.2. The van der Waals surface area contributed by atoms with Crippen molar-refractivity contribution in [3.63, 3.8) is 0 Å². The smallest absolute Gasteiger partial charge is 0.261 e. The van der Waals surface area contributed by atoms with Crippen LogP contribution in [0, 0.1) is 0 Å². The molecule has 0 amide bonds. The first-order chi connectivity index (χ1) is 14.0. The van der Waals surface area contributed by atoms with E-state index in [0.717, 1.165) is 38.6 Å². The van der Waals surface area contributed by atoms with E-state index in [1.165, 1.54) is 10.4 Å². The van der Waals surface area contributed by atoms with Crippen molar-refractivity contribution < 1.29 is 9.53 Å². The fraction of sp³-hybridized carbons (Fsp3) is 0.520. The van der Waals surface area contributed by atoms with Crippen LogP contribution in [0.15, 0.2) is 60.7 Å². The van der Waals surface area contributed by atoms with Crippen LogP contribution in [0.5, 0.6) is 0 Å². The molecule has 0 unspecified atom stereocenters. The van der Waals surface area contributed by atoms with Crippen molar-refractivity contribution in [3.8, 4) is 0 Å². The Morgan fingerprint density at radius 3 is 2.07 bits per heavy atom. The Morgan fingerprint density at radius 2 is 1.55 bits per heavy atom. The number of nitrogens with one attached hydrogen (secondary N) is 1. The molecule has 1 heterocycles. The Bertz CT molecular complexity index is 690. The van der Waals surface area contributed by atoms with Crippen LogP contribution in [0.3, 0.4) is 0 Å². The Hall–Kier alpha value is -1.46. The van der Waals surface area contributed by atoms with Crippen molar-refractivity contribution in [2.45, 2.75) is 70.1 Å². The summed E-state index contributed by atoms with van der Waals surface area (Å²) >= 11 is 0. The SMILES string of the molecule is CC(C)(C)[Si](O[C@H]1CCCN[C@@H]1CCCCO)(c1ccccc1)c1ccccc1. The zero-order chi connectivity index (χ0) is 20.7. The van der Waals surface area contributed by atoms with Crippen molar-refractivity contribution >= 4 is 18.7 Å². The van der Waals surface area contributed by atoms with Crippen LogP contribution in [0.2, 0.25) is 5.04 Å². The van der Waals surface area contributed by atoms with Gasteiger partial charge in [-0.25, -0.2) is 0 Å². The summed E-state index contributed by atoms with van der Waals surface area (Å²) in [6, 6.07) is 22.2. The van der Waals surface area contributed by atoms with E-state index in [1.807, 2.05) is 0 Å². The molecule has 2 N–H and O–H groups in total. The molecule has 2 atom stereocenters. The van der Waals surface area contributed by atoms with Gasteiger partial charge in [-0.3, -0.25) is 0 Å². The van der Waals surface area contributed by atoms with Crippen molar-refractivity contribution in [1.82, 2.24) is 5.32 Å². The maximum Gasteiger partial charge on any atom is 0.261 e. The molecule has 0 aromatic heterocycles. The van der Waals surface area contributed by atoms with E-state index in [4.69, 9.17) is 4.43 Å². The number of benzene rings is 2. The maximum absolute atomic E-state index is 9.21. The fourth-order valence-corrected chi connectivity index (χ4v) is 9.50. The summed E-state index contributed by atoms with van der Waals surface area (Å²) in [5.41, 5.74) is 0. The number of rotatable bonds is 8. The van der Waals surface area contributed by atoms with E-state index >= 15 is 0 Å². The van der Waals surface area contributed by atoms with Gasteiger partial charge in [-0.15, -0.1) is 0 Å². The lowest BCUT2D eigenvalue weighted by Gasteiger charge is -2.47. The largest absolute Gasteiger partial charge is 0.403 e. The molecule has 1 aliphatic heterocycles. The Kier molecular flexibility index (Phi) is 7.69. The van der Waals surface area contributed by atoms with Crippen molar-refractivity contribution in [3.05, 3.63) is 60.7 Å². The molecule has 1 saturated heterocycles. The van der Waals surface area contributed by atoms with Crippen molar-refractivity contribution in [1.29, 1.82) is 0 Å². The average molecular weight is 412 g/mol. The van der Waals surface area contributed by atoms with E-state index in [-0.39, 0.29) is 17.7 Å². The summed E-state index contributed by atoms with van der Waals surface area (Å²) in [6.45, 7) is 8.36. The summed E-state index contributed by atoms with van der Waals surface area (Å²) in [7, 11) is -2.52. The van der Waals surface area contributed by atoms with Gasteiger partial charge in [0.25, 0.3) is 8.32 Å². The number of aliphatic hydroxyl groups excluding tert-OH is 1. The van der Waals surface area contributed by atoms with Gasteiger partial charge < -0.3 is 14.8 Å². The molecule has 0 aliphatic carbocycles. The number of hydrogen-bond donors (Lipinski definition) is 2. The van der Waals surface area contributed by atoms with Crippen LogP contribution >= 0.6 is 0 Å². The molecule has 3 nitrogen and oxygen atoms in total. The third-order valence-corrected chi connectivity index (χ3v) is 11.3. The molecule has 2 aromatic rings. The van der Waals surface area contributed by atoms with Crippen molar-refractivity contribution in [2.75, 3.05) is 13.2 Å². The quantitative estimate of drug-likeness (QED) is 0.512. The zero-order valence-electron chi connectivity index (χ0n) is 18.2. The standard InChI is InChI=1S/C25H37NO2Si/c1-25(2,3)29(21-13-6-4-7-14-21,22-15-8-5-9-16-22)28-24-18-12-19-26-23(24)17-10-11-20-27/h4-9,13-16,23-24,26-27H,10-12,17-20H2,1-3H3/t23-,24+/m1/s1. The molecule has 158 valence electrons. The van der Waals surface area contributed by atoms with Crippen LogP contribution in [0.1, 0.15) is 52.9 Å². The van der Waals surface area contributed by atoms with Gasteiger partial charge in [0.2, 0.25) is 0 Å². The maximum atomic E-state index is 9.21. The predicted octanol–water partition coefficient (Wildman–Crippen LogP) is 3.85. The Balaban J connectivity index is 2.03. The van der Waals surface area contributed by atoms with E-state index in [0.29, 0.717) is 6.04 Å². The van der Waals surface area contributed by atoms with Gasteiger partial charge in [0.1, 0.15) is 0 Å². The van der Waals surface area contributed by atoms with E-state index < -0.39 is 8.32 Å². The second-order valence-corrected chi connectivity index (χ2v) is 13.5. The van der Waals surface area contributed by atoms with Crippen LogP contribution in [0.25, 0.3) is 0 Å². The minimum atomic E-state index is -2.52. The molecule has 2 aromatic carbocycles. The normalized spacial score (nSPS) is 20.6. The number of unbranched alkanes of at least 4 members (excludes halogenated alkanes) is 1. The van der Waals surface area contributed by atoms with Crippen LogP contribution in [-0.4, -0.2) is 38.7 Å². The molecular weight excluding hydrogens is 374 g/mol. The molecular formula is C25H37NO2Si. The minimum Gasteiger partial charge on any atom is -0.403 e. The van der Waals surface area contributed by atoms with Crippen LogP contribution < -0.4 is 15.7 Å². The van der Waals surface area contributed by atoms with Gasteiger partial charge in [-0.05, 0) is 54.1 Å². The molecule has 1 aliphatic rings. The lowest BCUT2D eigenvalue weighted by molar-refractivity contribution is 0.103. The van der Waals surface area contributed by atoms with Gasteiger partial charge in [0.05, 0.1) is 6.10 Å². The predicted molar refractivity (Wildman–Crippen MR) is 124 cm³/mol. The number of piperidine rings is 1. The lowest BCUT2D eigenvalue weighted by atomic mass is 9.97. The minimum absolute atomic E-state index is 0.00278. The highest BCUT2D eigenvalue weighted by Gasteiger charge is 2.52. The summed E-state index contributed by atoms with van der Waals surface area (Å²) in [5, 5.41) is 15.6. The fourth-order valence-electron chi connectivity index (χ4n) is 4.75. The van der Waals surface area contributed by atoms with Gasteiger partial charge in [-0.1, -0.05) is 81.4 Å². The number of hydrogen-bond acceptors (Lipinski definition) is 3. The topological polar surface area (TPSA) is 41.5 Å². The summed E-state index contributed by atoms with van der Waals surface area (Å²) in [6.07, 6.45) is 5.41. The third kappa shape index (κ3) is 5.00. The number of aliphatic hydroxyl groups is 1. The van der Waals surface area contributed by atoms with Gasteiger partial charge >= 0.3 is 0 Å². The molecule has 3 rings (SSSR count). The van der Waals surface area contributed by atoms with Crippen molar-refractivity contribution in [2.24, 2.45) is 0 Å². The summed E-state index contributed by atoms with van der Waals surface area (Å²) in [4.78, 5) is 0. The van der Waals surface area contributed by atoms with E-state index in [2.05, 4.69) is 86.8 Å². The first-order valence-electron chi connectivity index (χ1n) is 11.1. The molecule has 0 bridgehead atoms. The summed E-state index contributed by atoms with van der Waals surface area (Å²) in [5.74, 6) is 0. The molecule has 1 fully saturated rings. The molecule has 29 heavy (non-hydrogen) atoms. The molecule has 4 heteroatoms. The van der Waals surface area contributed by atoms with E-state index in [9.17, 15) is 5.11 Å². The molecule has 0 spiro atoms. The highest BCUT2D eigenvalue weighted by atomic mass is 28.4. The van der Waals surface area contributed by atoms with Gasteiger partial charge in [0, 0.05) is 12.6 Å². The zero-order valence-corrected chi connectivity index (χ0v) is 19.2. The second-order valence-electron chi connectivity index (χ2n) is 9.24. The Labute approximate surface area is 177 Å². The summed E-state index contributed by atoms with van der Waals surface area (Å²) < 4.78 is 7.37. The third-order valence-electron chi connectivity index (χ3n) is 6.19. The highest BCUT2D eigenvalue weighted by molar-refractivity contribution is 6.99. The monoisotopic (exact) mass is 411 g/mol.